The molecule has 2 nitrogen and oxygen atoms in total. The number of phenols is 1. The minimum absolute atomic E-state index is 0.376. The van der Waals surface area contributed by atoms with E-state index in [2.05, 4.69) is 11.1 Å². The smallest absolute Gasteiger partial charge is 0.124 e. The highest BCUT2D eigenvalue weighted by molar-refractivity contribution is 5.86. The SMILES string of the molecule is Oc1cccc2[nH]c(CC3CC3)cc12. The number of nitrogens with one attached hydrogen (secondary N) is 1. The Bertz CT molecular complexity index is 468. The van der Waals surface area contributed by atoms with Gasteiger partial charge in [0, 0.05) is 16.6 Å². The van der Waals surface area contributed by atoms with Crippen molar-refractivity contribution in [1.29, 1.82) is 0 Å². The van der Waals surface area contributed by atoms with Crippen LogP contribution in [0.3, 0.4) is 0 Å². The quantitative estimate of drug-likeness (QED) is 0.745. The van der Waals surface area contributed by atoms with Gasteiger partial charge in [0.2, 0.25) is 0 Å². The summed E-state index contributed by atoms with van der Waals surface area (Å²) in [7, 11) is 0. The van der Waals surface area contributed by atoms with E-state index in [0.29, 0.717) is 5.75 Å². The number of hydrogen-bond acceptors (Lipinski definition) is 1. The molecular formula is C12H13NO. The summed E-state index contributed by atoms with van der Waals surface area (Å²) in [5.74, 6) is 1.26. The third kappa shape index (κ3) is 1.27. The summed E-state index contributed by atoms with van der Waals surface area (Å²) in [4.78, 5) is 3.35. The standard InChI is InChI=1S/C12H13NO/c14-12-3-1-2-11-10(12)7-9(13-11)6-8-4-5-8/h1-3,7-8,13-14H,4-6H2. The zero-order valence-corrected chi connectivity index (χ0v) is 7.96. The van der Waals surface area contributed by atoms with Crippen LogP contribution in [0.5, 0.6) is 5.75 Å². The lowest BCUT2D eigenvalue weighted by molar-refractivity contribution is 0.481. The van der Waals surface area contributed by atoms with E-state index in [-0.39, 0.29) is 0 Å². The Morgan fingerprint density at radius 2 is 2.21 bits per heavy atom. The molecule has 2 heteroatoms. The molecule has 1 aliphatic carbocycles. The Balaban J connectivity index is 2.05. The van der Waals surface area contributed by atoms with Gasteiger partial charge in [0.25, 0.3) is 0 Å². The molecule has 0 spiro atoms. The van der Waals surface area contributed by atoms with Crippen molar-refractivity contribution in [2.24, 2.45) is 5.92 Å². The van der Waals surface area contributed by atoms with Crippen molar-refractivity contribution in [3.05, 3.63) is 30.0 Å². The number of aromatic hydroxyl groups is 1. The lowest BCUT2D eigenvalue weighted by Crippen LogP contribution is -1.84. The summed E-state index contributed by atoms with van der Waals surface area (Å²) in [6, 6.07) is 7.68. The Labute approximate surface area is 82.6 Å². The summed E-state index contributed by atoms with van der Waals surface area (Å²) >= 11 is 0. The molecule has 1 aromatic carbocycles. The molecule has 14 heavy (non-hydrogen) atoms. The van der Waals surface area contributed by atoms with E-state index in [1.54, 1.807) is 6.07 Å². The third-order valence-corrected chi connectivity index (χ3v) is 2.90. The van der Waals surface area contributed by atoms with Gasteiger partial charge in [-0.05, 0) is 43.4 Å². The topological polar surface area (TPSA) is 36.0 Å². The average molecular weight is 187 g/mol. The van der Waals surface area contributed by atoms with Crippen LogP contribution in [-0.2, 0) is 6.42 Å². The molecule has 1 fully saturated rings. The van der Waals surface area contributed by atoms with Gasteiger partial charge in [-0.1, -0.05) is 6.07 Å². The van der Waals surface area contributed by atoms with Crippen LogP contribution in [0.1, 0.15) is 18.5 Å². The van der Waals surface area contributed by atoms with Gasteiger partial charge in [-0.2, -0.15) is 0 Å². The van der Waals surface area contributed by atoms with E-state index in [1.165, 1.54) is 18.5 Å². The highest BCUT2D eigenvalue weighted by Crippen LogP contribution is 2.34. The maximum atomic E-state index is 9.61. The van der Waals surface area contributed by atoms with E-state index in [1.807, 2.05) is 12.1 Å². The fourth-order valence-electron chi connectivity index (χ4n) is 1.94. The second kappa shape index (κ2) is 2.77. The van der Waals surface area contributed by atoms with Crippen molar-refractivity contribution in [2.45, 2.75) is 19.3 Å². The predicted molar refractivity (Wildman–Crippen MR) is 56.4 cm³/mol. The van der Waals surface area contributed by atoms with Crippen LogP contribution in [-0.4, -0.2) is 10.1 Å². The Morgan fingerprint density at radius 3 is 2.93 bits per heavy atom. The molecule has 0 radical (unpaired) electrons. The fraction of sp³-hybridized carbons (Fsp3) is 0.333. The first-order valence-corrected chi connectivity index (χ1v) is 5.12. The number of aromatic nitrogens is 1. The summed E-state index contributed by atoms with van der Waals surface area (Å²) in [5, 5.41) is 10.6. The van der Waals surface area contributed by atoms with Gasteiger partial charge in [0.15, 0.2) is 0 Å². The van der Waals surface area contributed by atoms with Gasteiger partial charge >= 0.3 is 0 Å². The number of fused-ring (bicyclic) bond motifs is 1. The lowest BCUT2D eigenvalue weighted by Gasteiger charge is -1.91. The molecule has 1 saturated carbocycles. The minimum atomic E-state index is 0.376. The van der Waals surface area contributed by atoms with Crippen LogP contribution in [0, 0.1) is 5.92 Å². The zero-order chi connectivity index (χ0) is 9.54. The molecule has 1 aromatic heterocycles. The second-order valence-electron chi connectivity index (χ2n) is 4.18. The van der Waals surface area contributed by atoms with E-state index in [0.717, 1.165) is 23.2 Å². The van der Waals surface area contributed by atoms with Gasteiger partial charge in [-0.15, -0.1) is 0 Å². The van der Waals surface area contributed by atoms with Crippen LogP contribution in [0.4, 0.5) is 0 Å². The monoisotopic (exact) mass is 187 g/mol. The first-order chi connectivity index (χ1) is 6.83. The van der Waals surface area contributed by atoms with E-state index >= 15 is 0 Å². The second-order valence-corrected chi connectivity index (χ2v) is 4.18. The summed E-state index contributed by atoms with van der Waals surface area (Å²) in [6.45, 7) is 0. The first-order valence-electron chi connectivity index (χ1n) is 5.12. The maximum Gasteiger partial charge on any atom is 0.124 e. The number of aromatic amines is 1. The molecule has 0 unspecified atom stereocenters. The van der Waals surface area contributed by atoms with Crippen molar-refractivity contribution >= 4 is 10.9 Å². The molecule has 0 bridgehead atoms. The third-order valence-electron chi connectivity index (χ3n) is 2.90. The van der Waals surface area contributed by atoms with Crippen molar-refractivity contribution in [3.8, 4) is 5.75 Å². The van der Waals surface area contributed by atoms with Gasteiger partial charge in [0.05, 0.1) is 0 Å². The van der Waals surface area contributed by atoms with Crippen LogP contribution in [0.25, 0.3) is 10.9 Å². The first kappa shape index (κ1) is 7.92. The maximum absolute atomic E-state index is 9.61. The molecule has 2 N–H and O–H groups in total. The minimum Gasteiger partial charge on any atom is -0.507 e. The van der Waals surface area contributed by atoms with Gasteiger partial charge < -0.3 is 10.1 Å². The van der Waals surface area contributed by atoms with Gasteiger partial charge in [-0.3, -0.25) is 0 Å². The Kier molecular flexibility index (Phi) is 1.57. The normalized spacial score (nSPS) is 16.3. The molecule has 0 amide bonds. The molecule has 0 atom stereocenters. The number of H-pyrrole nitrogens is 1. The van der Waals surface area contributed by atoms with Gasteiger partial charge in [0.1, 0.15) is 5.75 Å². The highest BCUT2D eigenvalue weighted by Gasteiger charge is 2.22. The Morgan fingerprint density at radius 1 is 1.36 bits per heavy atom. The molecule has 2 aromatic rings. The largest absolute Gasteiger partial charge is 0.507 e. The summed E-state index contributed by atoms with van der Waals surface area (Å²) in [6.07, 6.45) is 3.86. The van der Waals surface area contributed by atoms with Crippen molar-refractivity contribution in [2.75, 3.05) is 0 Å². The van der Waals surface area contributed by atoms with Crippen molar-refractivity contribution in [1.82, 2.24) is 4.98 Å². The molecule has 0 aliphatic heterocycles. The molecule has 0 saturated heterocycles. The summed E-state index contributed by atoms with van der Waals surface area (Å²) in [5.41, 5.74) is 2.30. The van der Waals surface area contributed by atoms with E-state index in [9.17, 15) is 5.11 Å². The van der Waals surface area contributed by atoms with Crippen LogP contribution in [0.15, 0.2) is 24.3 Å². The molecule has 3 rings (SSSR count). The summed E-state index contributed by atoms with van der Waals surface area (Å²) < 4.78 is 0. The number of phenolic OH excluding ortho intramolecular Hbond substituents is 1. The molecule has 1 heterocycles. The lowest BCUT2D eigenvalue weighted by atomic mass is 10.2. The van der Waals surface area contributed by atoms with Gasteiger partial charge in [-0.25, -0.2) is 0 Å². The van der Waals surface area contributed by atoms with Crippen LogP contribution >= 0.6 is 0 Å². The fourth-order valence-corrected chi connectivity index (χ4v) is 1.94. The average Bonchev–Trinajstić information content (AvgIpc) is 2.84. The number of rotatable bonds is 2. The highest BCUT2D eigenvalue weighted by atomic mass is 16.3. The van der Waals surface area contributed by atoms with Crippen LogP contribution < -0.4 is 0 Å². The number of hydrogen-bond donors (Lipinski definition) is 2. The predicted octanol–water partition coefficient (Wildman–Crippen LogP) is 2.83. The zero-order valence-electron chi connectivity index (χ0n) is 7.96. The molecule has 1 aliphatic rings. The van der Waals surface area contributed by atoms with Crippen molar-refractivity contribution in [3.63, 3.8) is 0 Å². The molecule has 72 valence electrons. The Hall–Kier alpha value is -1.44. The van der Waals surface area contributed by atoms with E-state index < -0.39 is 0 Å². The van der Waals surface area contributed by atoms with Crippen molar-refractivity contribution < 1.29 is 5.11 Å². The molecular weight excluding hydrogens is 174 g/mol. The number of benzene rings is 1. The van der Waals surface area contributed by atoms with Crippen LogP contribution in [0.2, 0.25) is 0 Å². The van der Waals surface area contributed by atoms with E-state index in [4.69, 9.17) is 0 Å².